The zero-order chi connectivity index (χ0) is 13.9. The number of rotatable bonds is 5. The molecule has 1 heterocycles. The number of benzene rings is 1. The van der Waals surface area contributed by atoms with Gasteiger partial charge in [-0.25, -0.2) is 0 Å². The van der Waals surface area contributed by atoms with E-state index in [4.69, 9.17) is 4.74 Å². The third kappa shape index (κ3) is 2.62. The molecule has 106 valence electrons. The fourth-order valence-electron chi connectivity index (χ4n) is 2.77. The average molecular weight is 272 g/mol. The van der Waals surface area contributed by atoms with Crippen LogP contribution in [-0.4, -0.2) is 23.7 Å². The molecule has 1 aromatic heterocycles. The topological polar surface area (TPSA) is 54.1 Å². The number of ether oxygens (including phenoxy) is 1. The Labute approximate surface area is 118 Å². The minimum Gasteiger partial charge on any atom is -0.378 e. The van der Waals surface area contributed by atoms with Crippen molar-refractivity contribution in [3.05, 3.63) is 46.4 Å². The summed E-state index contributed by atoms with van der Waals surface area (Å²) in [4.78, 5) is 14.6. The number of aromatic amines is 1. The van der Waals surface area contributed by atoms with Gasteiger partial charge in [0.15, 0.2) is 0 Å². The van der Waals surface area contributed by atoms with Crippen LogP contribution < -0.4 is 10.9 Å². The molecule has 1 fully saturated rings. The number of aromatic nitrogens is 1. The molecule has 0 amide bonds. The third-order valence-electron chi connectivity index (χ3n) is 3.97. The summed E-state index contributed by atoms with van der Waals surface area (Å²) in [7, 11) is 0. The highest BCUT2D eigenvalue weighted by Crippen LogP contribution is 2.24. The Bertz CT molecular complexity index is 644. The minimum absolute atomic E-state index is 0.0237. The predicted molar refractivity (Wildman–Crippen MR) is 79.8 cm³/mol. The van der Waals surface area contributed by atoms with E-state index in [0.29, 0.717) is 12.1 Å². The summed E-state index contributed by atoms with van der Waals surface area (Å²) in [5.41, 5.74) is 1.12. The summed E-state index contributed by atoms with van der Waals surface area (Å²) in [6.07, 6.45) is 4.39. The molecule has 1 saturated carbocycles. The Morgan fingerprint density at radius 2 is 2.05 bits per heavy atom. The van der Waals surface area contributed by atoms with Crippen molar-refractivity contribution in [2.45, 2.75) is 38.5 Å². The van der Waals surface area contributed by atoms with Gasteiger partial charge in [0.05, 0.1) is 6.10 Å². The normalized spacial score (nSPS) is 21.9. The predicted octanol–water partition coefficient (Wildman–Crippen LogP) is 2.19. The van der Waals surface area contributed by atoms with Crippen LogP contribution in [0.25, 0.3) is 10.8 Å². The fourth-order valence-corrected chi connectivity index (χ4v) is 2.77. The van der Waals surface area contributed by atoms with Crippen LogP contribution in [0.1, 0.15) is 25.3 Å². The van der Waals surface area contributed by atoms with Crippen molar-refractivity contribution in [1.29, 1.82) is 0 Å². The number of pyridine rings is 1. The molecule has 3 rings (SSSR count). The molecule has 4 nitrogen and oxygen atoms in total. The highest BCUT2D eigenvalue weighted by Gasteiger charge is 2.28. The Hall–Kier alpha value is -1.65. The summed E-state index contributed by atoms with van der Waals surface area (Å²) in [6, 6.07) is 8.27. The first-order chi connectivity index (χ1) is 9.78. The maximum atomic E-state index is 11.8. The summed E-state index contributed by atoms with van der Waals surface area (Å²) >= 11 is 0. The molecule has 0 saturated heterocycles. The first kappa shape index (κ1) is 13.3. The molecule has 2 aromatic rings. The molecule has 1 aromatic carbocycles. The lowest BCUT2D eigenvalue weighted by Gasteiger charge is -2.35. The van der Waals surface area contributed by atoms with E-state index in [0.717, 1.165) is 42.3 Å². The largest absolute Gasteiger partial charge is 0.378 e. The van der Waals surface area contributed by atoms with E-state index in [1.807, 2.05) is 37.4 Å². The van der Waals surface area contributed by atoms with Crippen LogP contribution in [0.2, 0.25) is 0 Å². The van der Waals surface area contributed by atoms with Crippen LogP contribution in [0.5, 0.6) is 0 Å². The van der Waals surface area contributed by atoms with E-state index in [1.54, 1.807) is 0 Å². The average Bonchev–Trinajstić information content (AvgIpc) is 2.43. The Kier molecular flexibility index (Phi) is 3.85. The van der Waals surface area contributed by atoms with E-state index in [9.17, 15) is 4.79 Å². The minimum atomic E-state index is -0.0237. The van der Waals surface area contributed by atoms with Gasteiger partial charge < -0.3 is 15.0 Å². The van der Waals surface area contributed by atoms with Crippen molar-refractivity contribution in [3.63, 3.8) is 0 Å². The molecule has 4 heteroatoms. The molecule has 1 aliphatic carbocycles. The van der Waals surface area contributed by atoms with Crippen molar-refractivity contribution < 1.29 is 4.74 Å². The zero-order valence-electron chi connectivity index (χ0n) is 11.7. The maximum absolute atomic E-state index is 11.8. The third-order valence-corrected chi connectivity index (χ3v) is 3.97. The molecular formula is C16H20N2O2. The fraction of sp³-hybridized carbons (Fsp3) is 0.438. The standard InChI is InChI=1S/C16H20N2O2/c1-2-20-13-7-12(8-13)17-9-11-10-18-16(19)15-6-4-3-5-14(11)15/h3-6,10,12-13,17H,2,7-9H2,1H3,(H,18,19). The molecule has 20 heavy (non-hydrogen) atoms. The smallest absolute Gasteiger partial charge is 0.255 e. The number of nitrogens with one attached hydrogen (secondary N) is 2. The van der Waals surface area contributed by atoms with Crippen LogP contribution >= 0.6 is 0 Å². The molecular weight excluding hydrogens is 252 g/mol. The van der Waals surface area contributed by atoms with Crippen molar-refractivity contribution in [3.8, 4) is 0 Å². The molecule has 2 N–H and O–H groups in total. The van der Waals surface area contributed by atoms with Crippen LogP contribution in [-0.2, 0) is 11.3 Å². The summed E-state index contributed by atoms with van der Waals surface area (Å²) in [6.45, 7) is 3.61. The number of hydrogen-bond donors (Lipinski definition) is 2. The number of H-pyrrole nitrogens is 1. The van der Waals surface area contributed by atoms with Crippen LogP contribution in [0.3, 0.4) is 0 Å². The molecule has 0 unspecified atom stereocenters. The highest BCUT2D eigenvalue weighted by atomic mass is 16.5. The molecule has 0 atom stereocenters. The van der Waals surface area contributed by atoms with Gasteiger partial charge in [-0.3, -0.25) is 4.79 Å². The van der Waals surface area contributed by atoms with Crippen LogP contribution in [0, 0.1) is 0 Å². The molecule has 0 aliphatic heterocycles. The first-order valence-electron chi connectivity index (χ1n) is 7.22. The van der Waals surface area contributed by atoms with E-state index in [2.05, 4.69) is 10.3 Å². The van der Waals surface area contributed by atoms with E-state index < -0.39 is 0 Å². The molecule has 0 spiro atoms. The monoisotopic (exact) mass is 272 g/mol. The molecule has 0 radical (unpaired) electrons. The van der Waals surface area contributed by atoms with Gasteiger partial charge in [0.25, 0.3) is 5.56 Å². The van der Waals surface area contributed by atoms with Gasteiger partial charge in [0.2, 0.25) is 0 Å². The lowest BCUT2D eigenvalue weighted by molar-refractivity contribution is -0.0102. The number of fused-ring (bicyclic) bond motifs is 1. The molecule has 0 bridgehead atoms. The van der Waals surface area contributed by atoms with E-state index in [-0.39, 0.29) is 5.56 Å². The quantitative estimate of drug-likeness (QED) is 0.877. The second-order valence-corrected chi connectivity index (χ2v) is 5.32. The lowest BCUT2D eigenvalue weighted by Crippen LogP contribution is -2.45. The second-order valence-electron chi connectivity index (χ2n) is 5.32. The van der Waals surface area contributed by atoms with Crippen LogP contribution in [0.15, 0.2) is 35.3 Å². The maximum Gasteiger partial charge on any atom is 0.255 e. The van der Waals surface area contributed by atoms with Gasteiger partial charge in [0, 0.05) is 30.8 Å². The van der Waals surface area contributed by atoms with E-state index >= 15 is 0 Å². The van der Waals surface area contributed by atoms with Gasteiger partial charge in [-0.2, -0.15) is 0 Å². The lowest BCUT2D eigenvalue weighted by atomic mass is 9.89. The van der Waals surface area contributed by atoms with E-state index in [1.165, 1.54) is 0 Å². The summed E-state index contributed by atoms with van der Waals surface area (Å²) < 4.78 is 5.56. The molecule has 1 aliphatic rings. The van der Waals surface area contributed by atoms with Gasteiger partial charge in [-0.15, -0.1) is 0 Å². The second kappa shape index (κ2) is 5.77. The Morgan fingerprint density at radius 1 is 1.30 bits per heavy atom. The van der Waals surface area contributed by atoms with Crippen LogP contribution in [0.4, 0.5) is 0 Å². The Balaban J connectivity index is 1.67. The summed E-state index contributed by atoms with van der Waals surface area (Å²) in [5, 5.41) is 5.32. The van der Waals surface area contributed by atoms with Crippen molar-refractivity contribution >= 4 is 10.8 Å². The Morgan fingerprint density at radius 3 is 2.80 bits per heavy atom. The van der Waals surface area contributed by atoms with Gasteiger partial charge in [-0.1, -0.05) is 18.2 Å². The van der Waals surface area contributed by atoms with Gasteiger partial charge in [0.1, 0.15) is 0 Å². The summed E-state index contributed by atoms with van der Waals surface area (Å²) in [5.74, 6) is 0. The highest BCUT2D eigenvalue weighted by molar-refractivity contribution is 5.84. The van der Waals surface area contributed by atoms with Crippen molar-refractivity contribution in [1.82, 2.24) is 10.3 Å². The van der Waals surface area contributed by atoms with Crippen molar-refractivity contribution in [2.75, 3.05) is 6.61 Å². The van der Waals surface area contributed by atoms with Gasteiger partial charge in [-0.05, 0) is 36.8 Å². The number of hydrogen-bond acceptors (Lipinski definition) is 3. The van der Waals surface area contributed by atoms with Gasteiger partial charge >= 0.3 is 0 Å². The SMILES string of the molecule is CCOC1CC(NCc2c[nH]c(=O)c3ccccc23)C1. The first-order valence-corrected chi connectivity index (χ1v) is 7.22. The zero-order valence-corrected chi connectivity index (χ0v) is 11.7. The van der Waals surface area contributed by atoms with Crippen molar-refractivity contribution in [2.24, 2.45) is 0 Å².